The minimum absolute atomic E-state index is 0.109. The Kier molecular flexibility index (Phi) is 5.05. The van der Waals surface area contributed by atoms with E-state index >= 15 is 0 Å². The van der Waals surface area contributed by atoms with E-state index in [-0.39, 0.29) is 5.91 Å². The highest BCUT2D eigenvalue weighted by atomic mass is 79.9. The van der Waals surface area contributed by atoms with Gasteiger partial charge in [-0.3, -0.25) is 4.79 Å². The number of rotatable bonds is 4. The maximum absolute atomic E-state index is 12.6. The molecule has 4 nitrogen and oxygen atoms in total. The number of benzene rings is 1. The topological polar surface area (TPSA) is 32.8 Å². The number of likely N-dealkylation sites (N-methyl/N-ethyl adjacent to an activating group) is 1. The third kappa shape index (κ3) is 3.33. The Morgan fingerprint density at radius 3 is 2.85 bits per heavy atom. The van der Waals surface area contributed by atoms with Gasteiger partial charge in [-0.15, -0.1) is 0 Å². The molecule has 1 aliphatic rings. The first-order valence-corrected chi connectivity index (χ1v) is 7.61. The molecule has 0 N–H and O–H groups in total. The summed E-state index contributed by atoms with van der Waals surface area (Å²) in [5.41, 5.74) is 0.711. The van der Waals surface area contributed by atoms with Crippen LogP contribution in [0.5, 0.6) is 5.75 Å². The molecule has 1 amide bonds. The van der Waals surface area contributed by atoms with Crippen molar-refractivity contribution in [3.8, 4) is 5.75 Å². The highest BCUT2D eigenvalue weighted by Crippen LogP contribution is 2.27. The molecule has 1 aromatic rings. The van der Waals surface area contributed by atoms with Crippen molar-refractivity contribution >= 4 is 21.8 Å². The molecule has 110 valence electrons. The van der Waals surface area contributed by atoms with E-state index in [9.17, 15) is 4.79 Å². The summed E-state index contributed by atoms with van der Waals surface area (Å²) in [5, 5.41) is 0. The second kappa shape index (κ2) is 6.59. The monoisotopic (exact) mass is 340 g/mol. The normalized spacial score (nSPS) is 18.6. The first-order chi connectivity index (χ1) is 9.52. The number of hydrogen-bond donors (Lipinski definition) is 0. The zero-order chi connectivity index (χ0) is 14.7. The van der Waals surface area contributed by atoms with Crippen LogP contribution in [0.3, 0.4) is 0 Å². The fourth-order valence-electron chi connectivity index (χ4n) is 2.68. The lowest BCUT2D eigenvalue weighted by atomic mass is 10.1. The van der Waals surface area contributed by atoms with Crippen molar-refractivity contribution in [1.82, 2.24) is 9.80 Å². The standard InChI is InChI=1S/C15H21BrN2O2/c1-17(2)10-12-5-4-8-18(12)15(19)11-6-7-14(20-3)13(16)9-11/h6-7,9,12H,4-5,8,10H2,1-3H3. The molecule has 0 bridgehead atoms. The first kappa shape index (κ1) is 15.3. The Morgan fingerprint density at radius 1 is 1.50 bits per heavy atom. The summed E-state index contributed by atoms with van der Waals surface area (Å²) in [6, 6.07) is 5.82. The fourth-order valence-corrected chi connectivity index (χ4v) is 3.22. The van der Waals surface area contributed by atoms with Gasteiger partial charge >= 0.3 is 0 Å². The first-order valence-electron chi connectivity index (χ1n) is 6.82. The van der Waals surface area contributed by atoms with Crippen molar-refractivity contribution in [3.05, 3.63) is 28.2 Å². The molecule has 0 saturated carbocycles. The third-order valence-corrected chi connectivity index (χ3v) is 4.23. The second-order valence-electron chi connectivity index (χ2n) is 5.41. The van der Waals surface area contributed by atoms with Crippen LogP contribution in [0, 0.1) is 0 Å². The largest absolute Gasteiger partial charge is 0.496 e. The molecule has 2 rings (SSSR count). The quantitative estimate of drug-likeness (QED) is 0.844. The summed E-state index contributed by atoms with van der Waals surface area (Å²) < 4.78 is 6.01. The zero-order valence-electron chi connectivity index (χ0n) is 12.2. The molecule has 1 aliphatic heterocycles. The maximum atomic E-state index is 12.6. The van der Waals surface area contributed by atoms with Crippen molar-refractivity contribution in [2.24, 2.45) is 0 Å². The minimum atomic E-state index is 0.109. The van der Waals surface area contributed by atoms with Crippen LogP contribution in [0.25, 0.3) is 0 Å². The van der Waals surface area contributed by atoms with Crippen LogP contribution in [-0.2, 0) is 0 Å². The summed E-state index contributed by atoms with van der Waals surface area (Å²) in [4.78, 5) is 16.8. The van der Waals surface area contributed by atoms with Gasteiger partial charge in [0, 0.05) is 24.7 Å². The average molecular weight is 341 g/mol. The predicted molar refractivity (Wildman–Crippen MR) is 83.3 cm³/mol. The van der Waals surface area contributed by atoms with Crippen LogP contribution < -0.4 is 4.74 Å². The zero-order valence-corrected chi connectivity index (χ0v) is 13.8. The molecule has 1 saturated heterocycles. The van der Waals surface area contributed by atoms with Crippen LogP contribution in [0.4, 0.5) is 0 Å². The Bertz CT molecular complexity index is 491. The van der Waals surface area contributed by atoms with E-state index in [1.807, 2.05) is 37.2 Å². The lowest BCUT2D eigenvalue weighted by Gasteiger charge is -2.27. The number of carbonyl (C=O) groups is 1. The average Bonchev–Trinajstić information content (AvgIpc) is 2.85. The highest BCUT2D eigenvalue weighted by molar-refractivity contribution is 9.10. The molecule has 0 spiro atoms. The molecule has 1 atom stereocenters. The van der Waals surface area contributed by atoms with E-state index in [1.54, 1.807) is 7.11 Å². The molecule has 1 aromatic carbocycles. The fraction of sp³-hybridized carbons (Fsp3) is 0.533. The molecular formula is C15H21BrN2O2. The van der Waals surface area contributed by atoms with Gasteiger partial charge in [0.15, 0.2) is 0 Å². The van der Waals surface area contributed by atoms with E-state index in [1.165, 1.54) is 0 Å². The van der Waals surface area contributed by atoms with Crippen LogP contribution in [-0.4, -0.2) is 56.0 Å². The number of carbonyl (C=O) groups excluding carboxylic acids is 1. The summed E-state index contributed by atoms with van der Waals surface area (Å²) in [6.45, 7) is 1.77. The van der Waals surface area contributed by atoms with Crippen molar-refractivity contribution in [2.75, 3.05) is 34.3 Å². The molecule has 5 heteroatoms. The number of methoxy groups -OCH3 is 1. The van der Waals surface area contributed by atoms with Gasteiger partial charge in [0.2, 0.25) is 0 Å². The number of ether oxygens (including phenoxy) is 1. The Balaban J connectivity index is 2.16. The Labute approximate surface area is 128 Å². The SMILES string of the molecule is COc1ccc(C(=O)N2CCCC2CN(C)C)cc1Br. The van der Waals surface area contributed by atoms with Crippen LogP contribution >= 0.6 is 15.9 Å². The van der Waals surface area contributed by atoms with Crippen molar-refractivity contribution in [1.29, 1.82) is 0 Å². The van der Waals surface area contributed by atoms with E-state index < -0.39 is 0 Å². The molecular weight excluding hydrogens is 320 g/mol. The van der Waals surface area contributed by atoms with E-state index in [0.29, 0.717) is 11.6 Å². The molecule has 0 aromatic heterocycles. The van der Waals surface area contributed by atoms with Gasteiger partial charge in [-0.2, -0.15) is 0 Å². The number of likely N-dealkylation sites (tertiary alicyclic amines) is 1. The molecule has 1 unspecified atom stereocenters. The van der Waals surface area contributed by atoms with Crippen LogP contribution in [0.1, 0.15) is 23.2 Å². The minimum Gasteiger partial charge on any atom is -0.496 e. The Morgan fingerprint density at radius 2 is 2.25 bits per heavy atom. The van der Waals surface area contributed by atoms with E-state index in [0.717, 1.165) is 36.2 Å². The summed E-state index contributed by atoms with van der Waals surface area (Å²) in [5.74, 6) is 0.852. The molecule has 1 fully saturated rings. The van der Waals surface area contributed by atoms with Crippen molar-refractivity contribution < 1.29 is 9.53 Å². The number of halogens is 1. The maximum Gasteiger partial charge on any atom is 0.254 e. The van der Waals surface area contributed by atoms with Gasteiger partial charge in [-0.1, -0.05) is 0 Å². The van der Waals surface area contributed by atoms with Crippen LogP contribution in [0.2, 0.25) is 0 Å². The van der Waals surface area contributed by atoms with Gasteiger partial charge in [0.05, 0.1) is 11.6 Å². The summed E-state index contributed by atoms with van der Waals surface area (Å²) in [7, 11) is 5.71. The molecule has 1 heterocycles. The molecule has 0 aliphatic carbocycles. The van der Waals surface area contributed by atoms with Gasteiger partial charge in [-0.05, 0) is 61.1 Å². The highest BCUT2D eigenvalue weighted by Gasteiger charge is 2.29. The Hall–Kier alpha value is -1.07. The third-order valence-electron chi connectivity index (χ3n) is 3.61. The van der Waals surface area contributed by atoms with Gasteiger partial charge in [-0.25, -0.2) is 0 Å². The number of nitrogens with zero attached hydrogens (tertiary/aromatic N) is 2. The van der Waals surface area contributed by atoms with Crippen molar-refractivity contribution in [3.63, 3.8) is 0 Å². The predicted octanol–water partition coefficient (Wildman–Crippen LogP) is 2.62. The smallest absolute Gasteiger partial charge is 0.254 e. The van der Waals surface area contributed by atoms with Gasteiger partial charge in [0.25, 0.3) is 5.91 Å². The lowest BCUT2D eigenvalue weighted by Crippen LogP contribution is -2.41. The van der Waals surface area contributed by atoms with E-state index in [4.69, 9.17) is 4.74 Å². The van der Waals surface area contributed by atoms with Crippen LogP contribution in [0.15, 0.2) is 22.7 Å². The molecule has 20 heavy (non-hydrogen) atoms. The second-order valence-corrected chi connectivity index (χ2v) is 6.26. The summed E-state index contributed by atoms with van der Waals surface area (Å²) in [6.07, 6.45) is 2.17. The van der Waals surface area contributed by atoms with Crippen molar-refractivity contribution in [2.45, 2.75) is 18.9 Å². The van der Waals surface area contributed by atoms with E-state index in [2.05, 4.69) is 20.8 Å². The van der Waals surface area contributed by atoms with Gasteiger partial charge < -0.3 is 14.5 Å². The molecule has 0 radical (unpaired) electrons. The van der Waals surface area contributed by atoms with Gasteiger partial charge in [0.1, 0.15) is 5.75 Å². The number of amides is 1. The lowest BCUT2D eigenvalue weighted by molar-refractivity contribution is 0.0716. The number of hydrogen-bond acceptors (Lipinski definition) is 3. The summed E-state index contributed by atoms with van der Waals surface area (Å²) >= 11 is 3.44.